The lowest BCUT2D eigenvalue weighted by molar-refractivity contribution is 0.0355. The molecule has 1 aromatic carbocycles. The van der Waals surface area contributed by atoms with E-state index in [4.69, 9.17) is 16.3 Å². The van der Waals surface area contributed by atoms with Crippen LogP contribution in [-0.2, 0) is 11.3 Å². The van der Waals surface area contributed by atoms with Crippen molar-refractivity contribution >= 4 is 28.4 Å². The minimum atomic E-state index is -0.00360. The number of carbonyl (C=O) groups is 1. The molecule has 1 saturated heterocycles. The number of hydrogen-bond donors (Lipinski definition) is 1. The summed E-state index contributed by atoms with van der Waals surface area (Å²) in [5, 5.41) is 1.60. The third kappa shape index (κ3) is 5.15. The zero-order valence-electron chi connectivity index (χ0n) is 16.3. The van der Waals surface area contributed by atoms with Crippen molar-refractivity contribution in [2.45, 2.75) is 13.0 Å². The van der Waals surface area contributed by atoms with E-state index < -0.39 is 0 Å². The Labute approximate surface area is 175 Å². The molecule has 1 fully saturated rings. The number of aromatic amines is 1. The molecule has 3 aromatic rings. The molecule has 152 valence electrons. The summed E-state index contributed by atoms with van der Waals surface area (Å²) in [7, 11) is 0. The van der Waals surface area contributed by atoms with E-state index >= 15 is 0 Å². The highest BCUT2D eigenvalue weighted by molar-refractivity contribution is 6.31. The number of amides is 1. The van der Waals surface area contributed by atoms with Crippen molar-refractivity contribution in [3.8, 4) is 0 Å². The number of hydrogen-bond acceptors (Lipinski definition) is 4. The molecular weight excluding hydrogens is 388 g/mol. The lowest BCUT2D eigenvalue weighted by Crippen LogP contribution is -2.39. The molecule has 1 amide bonds. The molecule has 1 aliphatic rings. The van der Waals surface area contributed by atoms with Gasteiger partial charge in [-0.15, -0.1) is 0 Å². The van der Waals surface area contributed by atoms with Gasteiger partial charge in [-0.1, -0.05) is 11.6 Å². The second-order valence-electron chi connectivity index (χ2n) is 7.30. The zero-order chi connectivity index (χ0) is 20.1. The first kappa shape index (κ1) is 19.9. The van der Waals surface area contributed by atoms with Crippen molar-refractivity contribution in [2.24, 2.45) is 0 Å². The molecule has 0 bridgehead atoms. The largest absolute Gasteiger partial charge is 0.379 e. The summed E-state index contributed by atoms with van der Waals surface area (Å²) < 4.78 is 5.41. The fraction of sp³-hybridized carbons (Fsp3) is 0.364. The standard InChI is InChI=1S/C22H25ClN4O2/c23-19-2-3-20-18(14-19)15-21(25-20)22(28)27(16-17-4-6-24-7-5-17)9-1-8-26-10-12-29-13-11-26/h2-7,14-15,25H,1,8-13,16H2. The van der Waals surface area contributed by atoms with Gasteiger partial charge in [-0.25, -0.2) is 0 Å². The number of rotatable bonds is 7. The number of pyridine rings is 1. The first-order valence-electron chi connectivity index (χ1n) is 9.95. The minimum absolute atomic E-state index is 0.00360. The molecule has 0 unspecified atom stereocenters. The summed E-state index contributed by atoms with van der Waals surface area (Å²) in [4.78, 5) is 24.9. The summed E-state index contributed by atoms with van der Waals surface area (Å²) in [6.45, 7) is 5.71. The van der Waals surface area contributed by atoms with Gasteiger partial charge in [-0.2, -0.15) is 0 Å². The lowest BCUT2D eigenvalue weighted by Gasteiger charge is -2.28. The van der Waals surface area contributed by atoms with Crippen molar-refractivity contribution in [2.75, 3.05) is 39.4 Å². The van der Waals surface area contributed by atoms with Crippen LogP contribution in [0.15, 0.2) is 48.8 Å². The van der Waals surface area contributed by atoms with E-state index in [1.165, 1.54) is 0 Å². The number of carbonyl (C=O) groups excluding carboxylic acids is 1. The summed E-state index contributed by atoms with van der Waals surface area (Å²) >= 11 is 6.09. The predicted octanol–water partition coefficient (Wildman–Crippen LogP) is 3.58. The fourth-order valence-electron chi connectivity index (χ4n) is 3.66. The van der Waals surface area contributed by atoms with Crippen LogP contribution in [0.1, 0.15) is 22.5 Å². The number of benzene rings is 1. The van der Waals surface area contributed by atoms with Crippen molar-refractivity contribution in [3.05, 3.63) is 65.1 Å². The molecule has 0 spiro atoms. The Morgan fingerprint density at radius 1 is 1.17 bits per heavy atom. The third-order valence-electron chi connectivity index (χ3n) is 5.23. The smallest absolute Gasteiger partial charge is 0.270 e. The lowest BCUT2D eigenvalue weighted by atomic mass is 10.2. The third-order valence-corrected chi connectivity index (χ3v) is 5.46. The molecular formula is C22H25ClN4O2. The molecule has 7 heteroatoms. The highest BCUT2D eigenvalue weighted by atomic mass is 35.5. The Morgan fingerprint density at radius 2 is 1.97 bits per heavy atom. The molecule has 0 aliphatic carbocycles. The van der Waals surface area contributed by atoms with E-state index in [1.807, 2.05) is 41.3 Å². The highest BCUT2D eigenvalue weighted by Gasteiger charge is 2.19. The maximum Gasteiger partial charge on any atom is 0.270 e. The van der Waals surface area contributed by atoms with Crippen LogP contribution in [0.2, 0.25) is 5.02 Å². The van der Waals surface area contributed by atoms with Crippen LogP contribution >= 0.6 is 11.6 Å². The minimum Gasteiger partial charge on any atom is -0.379 e. The van der Waals surface area contributed by atoms with E-state index in [0.29, 0.717) is 23.8 Å². The molecule has 3 heterocycles. The van der Waals surface area contributed by atoms with E-state index in [0.717, 1.165) is 55.7 Å². The van der Waals surface area contributed by atoms with E-state index in [-0.39, 0.29) is 5.91 Å². The average molecular weight is 413 g/mol. The van der Waals surface area contributed by atoms with Gasteiger partial charge >= 0.3 is 0 Å². The van der Waals surface area contributed by atoms with Crippen molar-refractivity contribution in [1.82, 2.24) is 19.8 Å². The molecule has 0 atom stereocenters. The van der Waals surface area contributed by atoms with Crippen LogP contribution in [0.4, 0.5) is 0 Å². The van der Waals surface area contributed by atoms with Crippen LogP contribution in [-0.4, -0.2) is 65.1 Å². The van der Waals surface area contributed by atoms with E-state index in [2.05, 4.69) is 14.9 Å². The van der Waals surface area contributed by atoms with Gasteiger partial charge in [0.05, 0.1) is 13.2 Å². The first-order chi connectivity index (χ1) is 14.2. The summed E-state index contributed by atoms with van der Waals surface area (Å²) in [5.74, 6) is -0.00360. The van der Waals surface area contributed by atoms with Gasteiger partial charge in [0.25, 0.3) is 5.91 Å². The summed E-state index contributed by atoms with van der Waals surface area (Å²) in [5.41, 5.74) is 2.57. The molecule has 4 rings (SSSR count). The Morgan fingerprint density at radius 3 is 2.76 bits per heavy atom. The van der Waals surface area contributed by atoms with Crippen LogP contribution in [0.3, 0.4) is 0 Å². The average Bonchev–Trinajstić information content (AvgIpc) is 3.17. The van der Waals surface area contributed by atoms with Gasteiger partial charge in [-0.05, 0) is 48.4 Å². The Hall–Kier alpha value is -2.41. The predicted molar refractivity (Wildman–Crippen MR) is 114 cm³/mol. The highest BCUT2D eigenvalue weighted by Crippen LogP contribution is 2.21. The number of ether oxygens (including phenoxy) is 1. The van der Waals surface area contributed by atoms with Crippen molar-refractivity contribution in [3.63, 3.8) is 0 Å². The van der Waals surface area contributed by atoms with Gasteiger partial charge in [0.15, 0.2) is 0 Å². The quantitative estimate of drug-likeness (QED) is 0.644. The summed E-state index contributed by atoms with van der Waals surface area (Å²) in [6, 6.07) is 11.4. The van der Waals surface area contributed by atoms with Gasteiger partial charge < -0.3 is 14.6 Å². The van der Waals surface area contributed by atoms with Crippen LogP contribution in [0.5, 0.6) is 0 Å². The summed E-state index contributed by atoms with van der Waals surface area (Å²) in [6.07, 6.45) is 4.44. The van der Waals surface area contributed by atoms with Crippen molar-refractivity contribution in [1.29, 1.82) is 0 Å². The molecule has 2 aromatic heterocycles. The molecule has 0 saturated carbocycles. The number of nitrogens with one attached hydrogen (secondary N) is 1. The Kier molecular flexibility index (Phi) is 6.44. The van der Waals surface area contributed by atoms with E-state index in [9.17, 15) is 4.79 Å². The second kappa shape index (κ2) is 9.39. The number of aromatic nitrogens is 2. The van der Waals surface area contributed by atoms with Crippen LogP contribution in [0.25, 0.3) is 10.9 Å². The Balaban J connectivity index is 1.48. The monoisotopic (exact) mass is 412 g/mol. The zero-order valence-corrected chi connectivity index (χ0v) is 17.1. The SMILES string of the molecule is O=C(c1cc2cc(Cl)ccc2[nH]1)N(CCCN1CCOCC1)Cc1ccncc1. The number of nitrogens with zero attached hydrogens (tertiary/aromatic N) is 3. The number of fused-ring (bicyclic) bond motifs is 1. The Bertz CT molecular complexity index is 954. The van der Waals surface area contributed by atoms with Crippen LogP contribution < -0.4 is 0 Å². The van der Waals surface area contributed by atoms with Gasteiger partial charge in [0, 0.05) is 61.0 Å². The number of halogens is 1. The second-order valence-corrected chi connectivity index (χ2v) is 7.74. The molecule has 1 aliphatic heterocycles. The molecule has 0 radical (unpaired) electrons. The molecule has 29 heavy (non-hydrogen) atoms. The maximum atomic E-state index is 13.3. The van der Waals surface area contributed by atoms with Gasteiger partial charge in [0.2, 0.25) is 0 Å². The van der Waals surface area contributed by atoms with Gasteiger partial charge in [-0.3, -0.25) is 14.7 Å². The topological polar surface area (TPSA) is 61.5 Å². The maximum absolute atomic E-state index is 13.3. The number of H-pyrrole nitrogens is 1. The van der Waals surface area contributed by atoms with Gasteiger partial charge in [0.1, 0.15) is 5.69 Å². The van der Waals surface area contributed by atoms with Crippen LogP contribution in [0, 0.1) is 0 Å². The van der Waals surface area contributed by atoms with E-state index in [1.54, 1.807) is 12.4 Å². The normalized spacial score (nSPS) is 14.9. The number of morpholine rings is 1. The molecule has 6 nitrogen and oxygen atoms in total. The fourth-order valence-corrected chi connectivity index (χ4v) is 3.84. The van der Waals surface area contributed by atoms with Crippen molar-refractivity contribution < 1.29 is 9.53 Å². The molecule has 1 N–H and O–H groups in total. The first-order valence-corrected chi connectivity index (χ1v) is 10.3.